The number of ether oxygens (including phenoxy) is 1. The number of rotatable bonds is 4. The van der Waals surface area contributed by atoms with Gasteiger partial charge >= 0.3 is 0 Å². The second-order valence-electron chi connectivity index (χ2n) is 5.22. The lowest BCUT2D eigenvalue weighted by molar-refractivity contribution is 0.306. The summed E-state index contributed by atoms with van der Waals surface area (Å²) in [4.78, 5) is 4.37. The zero-order chi connectivity index (χ0) is 15.4. The first-order valence-corrected chi connectivity index (χ1v) is 7.21. The standard InChI is InChI=1S/C19H18N2O/c1-14-11-19(21-12-18(14)20)16-7-9-17(10-8-16)22-13-15-5-3-2-4-6-15/h2-12H,13,20H2,1H3. The smallest absolute Gasteiger partial charge is 0.119 e. The van der Waals surface area contributed by atoms with Crippen LogP contribution in [0.15, 0.2) is 66.9 Å². The molecule has 0 atom stereocenters. The van der Waals surface area contributed by atoms with Crippen molar-refractivity contribution in [1.82, 2.24) is 4.98 Å². The molecule has 3 heteroatoms. The Kier molecular flexibility index (Phi) is 4.05. The lowest BCUT2D eigenvalue weighted by atomic mass is 10.1. The van der Waals surface area contributed by atoms with Crippen LogP contribution < -0.4 is 10.5 Å². The Morgan fingerprint density at radius 1 is 1.00 bits per heavy atom. The molecule has 1 aromatic heterocycles. The van der Waals surface area contributed by atoms with Crippen LogP contribution in [-0.2, 0) is 6.61 Å². The van der Waals surface area contributed by atoms with Crippen molar-refractivity contribution in [3.63, 3.8) is 0 Å². The largest absolute Gasteiger partial charge is 0.489 e. The summed E-state index contributed by atoms with van der Waals surface area (Å²) in [7, 11) is 0. The average Bonchev–Trinajstić information content (AvgIpc) is 2.57. The normalized spacial score (nSPS) is 10.4. The Hall–Kier alpha value is -2.81. The molecule has 22 heavy (non-hydrogen) atoms. The Morgan fingerprint density at radius 2 is 1.73 bits per heavy atom. The van der Waals surface area contributed by atoms with Gasteiger partial charge in [-0.15, -0.1) is 0 Å². The van der Waals surface area contributed by atoms with E-state index in [1.54, 1.807) is 6.20 Å². The molecule has 0 bridgehead atoms. The molecule has 1 heterocycles. The number of pyridine rings is 1. The number of hydrogen-bond donors (Lipinski definition) is 1. The highest BCUT2D eigenvalue weighted by atomic mass is 16.5. The van der Waals surface area contributed by atoms with E-state index in [2.05, 4.69) is 17.1 Å². The average molecular weight is 290 g/mol. The van der Waals surface area contributed by atoms with Gasteiger partial charge in [-0.25, -0.2) is 0 Å². The van der Waals surface area contributed by atoms with E-state index in [0.29, 0.717) is 12.3 Å². The van der Waals surface area contributed by atoms with Crippen LogP contribution in [-0.4, -0.2) is 4.98 Å². The molecule has 0 amide bonds. The van der Waals surface area contributed by atoms with Gasteiger partial charge in [0, 0.05) is 5.56 Å². The highest BCUT2D eigenvalue weighted by Gasteiger charge is 2.03. The maximum absolute atomic E-state index is 5.80. The molecule has 110 valence electrons. The van der Waals surface area contributed by atoms with Gasteiger partial charge in [-0.05, 0) is 48.4 Å². The highest BCUT2D eigenvalue weighted by Crippen LogP contribution is 2.23. The first kappa shape index (κ1) is 14.1. The van der Waals surface area contributed by atoms with Gasteiger partial charge in [0.05, 0.1) is 17.6 Å². The lowest BCUT2D eigenvalue weighted by Crippen LogP contribution is -1.95. The predicted octanol–water partition coefficient (Wildman–Crippen LogP) is 4.22. The Morgan fingerprint density at radius 3 is 2.41 bits per heavy atom. The fraction of sp³-hybridized carbons (Fsp3) is 0.105. The third kappa shape index (κ3) is 3.26. The quantitative estimate of drug-likeness (QED) is 0.782. The highest BCUT2D eigenvalue weighted by molar-refractivity contribution is 5.63. The number of nitrogens with two attached hydrogens (primary N) is 1. The van der Waals surface area contributed by atoms with Crippen molar-refractivity contribution >= 4 is 5.69 Å². The number of aryl methyl sites for hydroxylation is 1. The van der Waals surface area contributed by atoms with Crippen molar-refractivity contribution in [2.75, 3.05) is 5.73 Å². The van der Waals surface area contributed by atoms with Gasteiger partial charge in [0.25, 0.3) is 0 Å². The molecule has 0 fully saturated rings. The lowest BCUT2D eigenvalue weighted by Gasteiger charge is -2.08. The topological polar surface area (TPSA) is 48.1 Å². The molecule has 0 aliphatic rings. The van der Waals surface area contributed by atoms with Crippen LogP contribution in [0.2, 0.25) is 0 Å². The first-order valence-electron chi connectivity index (χ1n) is 7.21. The molecular formula is C19H18N2O. The fourth-order valence-electron chi connectivity index (χ4n) is 2.19. The minimum atomic E-state index is 0.569. The van der Waals surface area contributed by atoms with Crippen LogP contribution in [0.4, 0.5) is 5.69 Å². The van der Waals surface area contributed by atoms with E-state index in [9.17, 15) is 0 Å². The molecule has 3 nitrogen and oxygen atoms in total. The van der Waals surface area contributed by atoms with Crippen molar-refractivity contribution in [1.29, 1.82) is 0 Å². The van der Waals surface area contributed by atoms with Crippen LogP contribution in [0.25, 0.3) is 11.3 Å². The van der Waals surface area contributed by atoms with Crippen LogP contribution in [0.1, 0.15) is 11.1 Å². The Balaban J connectivity index is 1.71. The molecular weight excluding hydrogens is 272 g/mol. The van der Waals surface area contributed by atoms with E-state index >= 15 is 0 Å². The van der Waals surface area contributed by atoms with E-state index < -0.39 is 0 Å². The molecule has 2 N–H and O–H groups in total. The molecule has 0 saturated heterocycles. The van der Waals surface area contributed by atoms with Gasteiger partial charge in [0.1, 0.15) is 12.4 Å². The van der Waals surface area contributed by atoms with Gasteiger partial charge in [-0.1, -0.05) is 30.3 Å². The molecule has 0 aliphatic carbocycles. The minimum absolute atomic E-state index is 0.569. The van der Waals surface area contributed by atoms with Gasteiger partial charge in [0.2, 0.25) is 0 Å². The maximum atomic E-state index is 5.80. The Bertz CT molecular complexity index is 752. The van der Waals surface area contributed by atoms with Gasteiger partial charge < -0.3 is 10.5 Å². The number of nitrogen functional groups attached to an aromatic ring is 1. The molecule has 0 unspecified atom stereocenters. The van der Waals surface area contributed by atoms with Crippen LogP contribution in [0, 0.1) is 6.92 Å². The zero-order valence-electron chi connectivity index (χ0n) is 12.5. The summed E-state index contributed by atoms with van der Waals surface area (Å²) in [6.07, 6.45) is 1.70. The number of nitrogens with zero attached hydrogens (tertiary/aromatic N) is 1. The summed E-state index contributed by atoms with van der Waals surface area (Å²) in [5, 5.41) is 0. The minimum Gasteiger partial charge on any atom is -0.489 e. The van der Waals surface area contributed by atoms with Crippen LogP contribution in [0.5, 0.6) is 5.75 Å². The molecule has 3 aromatic rings. The SMILES string of the molecule is Cc1cc(-c2ccc(OCc3ccccc3)cc2)ncc1N. The molecule has 2 aromatic carbocycles. The number of aromatic nitrogens is 1. The third-order valence-electron chi connectivity index (χ3n) is 3.55. The van der Waals surface area contributed by atoms with Gasteiger partial charge in [-0.3, -0.25) is 4.98 Å². The fourth-order valence-corrected chi connectivity index (χ4v) is 2.19. The molecule has 0 spiro atoms. The second kappa shape index (κ2) is 6.31. The molecule has 0 radical (unpaired) electrons. The molecule has 0 saturated carbocycles. The van der Waals surface area contributed by atoms with Gasteiger partial charge in [0.15, 0.2) is 0 Å². The van der Waals surface area contributed by atoms with E-state index in [1.807, 2.05) is 55.5 Å². The summed E-state index contributed by atoms with van der Waals surface area (Å²) in [6.45, 7) is 2.55. The van der Waals surface area contributed by atoms with Crippen molar-refractivity contribution in [2.24, 2.45) is 0 Å². The van der Waals surface area contributed by atoms with Gasteiger partial charge in [-0.2, -0.15) is 0 Å². The number of benzene rings is 2. The third-order valence-corrected chi connectivity index (χ3v) is 3.55. The first-order chi connectivity index (χ1) is 10.7. The van der Waals surface area contributed by atoms with E-state index in [0.717, 1.165) is 28.1 Å². The summed E-state index contributed by atoms with van der Waals surface area (Å²) < 4.78 is 5.79. The van der Waals surface area contributed by atoms with Crippen molar-refractivity contribution < 1.29 is 4.74 Å². The summed E-state index contributed by atoms with van der Waals surface area (Å²) >= 11 is 0. The van der Waals surface area contributed by atoms with Crippen molar-refractivity contribution in [2.45, 2.75) is 13.5 Å². The summed E-state index contributed by atoms with van der Waals surface area (Å²) in [6, 6.07) is 20.1. The van der Waals surface area contributed by atoms with E-state index in [4.69, 9.17) is 10.5 Å². The summed E-state index contributed by atoms with van der Waals surface area (Å²) in [5.74, 6) is 0.847. The maximum Gasteiger partial charge on any atom is 0.119 e. The van der Waals surface area contributed by atoms with Crippen molar-refractivity contribution in [3.8, 4) is 17.0 Å². The molecule has 3 rings (SSSR count). The van der Waals surface area contributed by atoms with E-state index in [1.165, 1.54) is 0 Å². The Labute approximate surface area is 130 Å². The summed E-state index contributed by atoms with van der Waals surface area (Å²) in [5.41, 5.74) is 10.7. The number of hydrogen-bond acceptors (Lipinski definition) is 3. The number of anilines is 1. The van der Waals surface area contributed by atoms with Crippen LogP contribution >= 0.6 is 0 Å². The van der Waals surface area contributed by atoms with Crippen molar-refractivity contribution in [3.05, 3.63) is 78.0 Å². The molecule has 0 aliphatic heterocycles. The second-order valence-corrected chi connectivity index (χ2v) is 5.22. The monoisotopic (exact) mass is 290 g/mol. The zero-order valence-corrected chi connectivity index (χ0v) is 12.5. The van der Waals surface area contributed by atoms with E-state index in [-0.39, 0.29) is 0 Å². The predicted molar refractivity (Wildman–Crippen MR) is 89.6 cm³/mol. The van der Waals surface area contributed by atoms with Crippen LogP contribution in [0.3, 0.4) is 0 Å².